The lowest BCUT2D eigenvalue weighted by Crippen LogP contribution is -2.13. The molecule has 80 valence electrons. The van der Waals surface area contributed by atoms with E-state index in [-0.39, 0.29) is 0 Å². The van der Waals surface area contributed by atoms with Crippen molar-refractivity contribution >= 4 is 5.78 Å². The minimum absolute atomic E-state index is 0.372. The fraction of sp³-hybridized carbons (Fsp3) is 0.769. The molecule has 1 aliphatic carbocycles. The van der Waals surface area contributed by atoms with Gasteiger partial charge in [-0.1, -0.05) is 31.3 Å². The number of rotatable bonds is 4. The molecule has 0 amide bonds. The molecular formula is C13H22O. The van der Waals surface area contributed by atoms with Crippen LogP contribution in [-0.4, -0.2) is 5.78 Å². The average Bonchev–Trinajstić information content (AvgIpc) is 2.42. The molecule has 0 atom stereocenters. The van der Waals surface area contributed by atoms with Crippen molar-refractivity contribution in [2.24, 2.45) is 5.92 Å². The van der Waals surface area contributed by atoms with Crippen LogP contribution in [0.2, 0.25) is 0 Å². The molecule has 1 heteroatoms. The second-order valence-corrected chi connectivity index (χ2v) is 4.61. The summed E-state index contributed by atoms with van der Waals surface area (Å²) >= 11 is 0. The van der Waals surface area contributed by atoms with Gasteiger partial charge in [-0.25, -0.2) is 0 Å². The molecule has 0 aromatic rings. The summed E-state index contributed by atoms with van der Waals surface area (Å²) in [5.74, 6) is 0.853. The smallest absolute Gasteiger partial charge is 0.136 e. The van der Waals surface area contributed by atoms with Gasteiger partial charge in [0, 0.05) is 12.3 Å². The lowest BCUT2D eigenvalue weighted by molar-refractivity contribution is -0.123. The van der Waals surface area contributed by atoms with Crippen LogP contribution in [0.1, 0.15) is 58.3 Å². The fourth-order valence-electron chi connectivity index (χ4n) is 2.14. The Bertz CT molecular complexity index is 197. The first-order valence-corrected chi connectivity index (χ1v) is 5.87. The van der Waals surface area contributed by atoms with E-state index in [4.69, 9.17) is 0 Å². The maximum atomic E-state index is 11.8. The van der Waals surface area contributed by atoms with Crippen molar-refractivity contribution in [1.29, 1.82) is 0 Å². The van der Waals surface area contributed by atoms with E-state index in [0.717, 1.165) is 31.3 Å². The average molecular weight is 194 g/mol. The Morgan fingerprint density at radius 3 is 2.21 bits per heavy atom. The van der Waals surface area contributed by atoms with Gasteiger partial charge in [0.2, 0.25) is 0 Å². The lowest BCUT2D eigenvalue weighted by Gasteiger charge is -2.12. The van der Waals surface area contributed by atoms with Crippen LogP contribution in [0, 0.1) is 5.92 Å². The molecule has 0 N–H and O–H groups in total. The molecule has 14 heavy (non-hydrogen) atoms. The van der Waals surface area contributed by atoms with Gasteiger partial charge >= 0.3 is 0 Å². The van der Waals surface area contributed by atoms with Crippen LogP contribution in [-0.2, 0) is 4.79 Å². The summed E-state index contributed by atoms with van der Waals surface area (Å²) in [4.78, 5) is 11.8. The number of Topliss-reactive ketones (excluding diaryl/α,β-unsaturated/α-hetero) is 1. The summed E-state index contributed by atoms with van der Waals surface area (Å²) < 4.78 is 0. The molecule has 1 nitrogen and oxygen atoms in total. The summed E-state index contributed by atoms with van der Waals surface area (Å²) in [6.07, 6.45) is 9.03. The van der Waals surface area contributed by atoms with E-state index < -0.39 is 0 Å². The fourth-order valence-corrected chi connectivity index (χ4v) is 2.14. The summed E-state index contributed by atoms with van der Waals surface area (Å²) in [6.45, 7) is 5.84. The molecular weight excluding hydrogens is 172 g/mol. The van der Waals surface area contributed by atoms with Crippen LogP contribution in [0.25, 0.3) is 0 Å². The van der Waals surface area contributed by atoms with E-state index in [2.05, 4.69) is 6.58 Å². The largest absolute Gasteiger partial charge is 0.299 e. The Hall–Kier alpha value is -0.590. The van der Waals surface area contributed by atoms with Crippen LogP contribution in [0.15, 0.2) is 12.2 Å². The predicted octanol–water partition coefficient (Wildman–Crippen LogP) is 3.88. The number of hydrogen-bond acceptors (Lipinski definition) is 1. The van der Waals surface area contributed by atoms with Crippen LogP contribution >= 0.6 is 0 Å². The second kappa shape index (κ2) is 6.00. The minimum Gasteiger partial charge on any atom is -0.299 e. The Labute approximate surface area is 87.6 Å². The molecule has 0 aromatic carbocycles. The van der Waals surface area contributed by atoms with Crippen LogP contribution in [0.3, 0.4) is 0 Å². The van der Waals surface area contributed by atoms with Crippen molar-refractivity contribution in [2.75, 3.05) is 0 Å². The maximum absolute atomic E-state index is 11.8. The monoisotopic (exact) mass is 194 g/mol. The molecule has 1 fully saturated rings. The van der Waals surface area contributed by atoms with E-state index in [1.807, 2.05) is 6.92 Å². The Balaban J connectivity index is 2.30. The van der Waals surface area contributed by atoms with Crippen molar-refractivity contribution in [3.8, 4) is 0 Å². The van der Waals surface area contributed by atoms with Gasteiger partial charge in [-0.05, 0) is 26.2 Å². The van der Waals surface area contributed by atoms with Gasteiger partial charge in [-0.3, -0.25) is 4.79 Å². The molecule has 0 heterocycles. The molecule has 0 aliphatic heterocycles. The number of allylic oxidation sites excluding steroid dienone is 1. The summed E-state index contributed by atoms with van der Waals surface area (Å²) in [5.41, 5.74) is 1.13. The highest BCUT2D eigenvalue weighted by Gasteiger charge is 2.19. The predicted molar refractivity (Wildman–Crippen MR) is 60.2 cm³/mol. The Kier molecular flexibility index (Phi) is 4.92. The van der Waals surface area contributed by atoms with Gasteiger partial charge < -0.3 is 0 Å². The number of carbonyl (C=O) groups is 1. The molecule has 1 aliphatic rings. The zero-order valence-corrected chi connectivity index (χ0v) is 9.35. The Morgan fingerprint density at radius 1 is 1.14 bits per heavy atom. The van der Waals surface area contributed by atoms with E-state index in [1.165, 1.54) is 25.7 Å². The number of hydrogen-bond donors (Lipinski definition) is 0. The highest BCUT2D eigenvalue weighted by atomic mass is 16.1. The van der Waals surface area contributed by atoms with Crippen molar-refractivity contribution in [2.45, 2.75) is 58.3 Å². The standard InChI is InChI=1S/C13H22O/c1-11(2)9-10-13(14)12-7-5-3-4-6-8-12/h12H,1,3-10H2,2H3. The molecule has 1 rings (SSSR count). The van der Waals surface area contributed by atoms with E-state index in [0.29, 0.717) is 11.7 Å². The topological polar surface area (TPSA) is 17.1 Å². The third-order valence-electron chi connectivity index (χ3n) is 3.11. The quantitative estimate of drug-likeness (QED) is 0.490. The van der Waals surface area contributed by atoms with Gasteiger partial charge in [0.05, 0.1) is 0 Å². The van der Waals surface area contributed by atoms with Crippen molar-refractivity contribution in [3.63, 3.8) is 0 Å². The SMILES string of the molecule is C=C(C)CCC(=O)C1CCCCCC1. The first kappa shape index (κ1) is 11.5. The van der Waals surface area contributed by atoms with Crippen molar-refractivity contribution in [1.82, 2.24) is 0 Å². The lowest BCUT2D eigenvalue weighted by atomic mass is 9.92. The van der Waals surface area contributed by atoms with Crippen molar-refractivity contribution < 1.29 is 4.79 Å². The normalized spacial score (nSPS) is 18.9. The molecule has 0 spiro atoms. The van der Waals surface area contributed by atoms with Gasteiger partial charge in [-0.2, -0.15) is 0 Å². The molecule has 0 radical (unpaired) electrons. The molecule has 0 saturated heterocycles. The van der Waals surface area contributed by atoms with Gasteiger partial charge in [0.15, 0.2) is 0 Å². The highest BCUT2D eigenvalue weighted by Crippen LogP contribution is 2.25. The first-order chi connectivity index (χ1) is 6.70. The molecule has 1 saturated carbocycles. The third kappa shape index (κ3) is 4.08. The molecule has 0 unspecified atom stereocenters. The van der Waals surface area contributed by atoms with E-state index in [9.17, 15) is 4.79 Å². The number of carbonyl (C=O) groups excluding carboxylic acids is 1. The summed E-state index contributed by atoms with van der Waals surface area (Å²) in [5, 5.41) is 0. The van der Waals surface area contributed by atoms with Crippen LogP contribution < -0.4 is 0 Å². The van der Waals surface area contributed by atoms with Crippen LogP contribution in [0.5, 0.6) is 0 Å². The molecule has 0 aromatic heterocycles. The molecule has 0 bridgehead atoms. The van der Waals surface area contributed by atoms with E-state index >= 15 is 0 Å². The third-order valence-corrected chi connectivity index (χ3v) is 3.11. The van der Waals surface area contributed by atoms with E-state index in [1.54, 1.807) is 0 Å². The minimum atomic E-state index is 0.372. The van der Waals surface area contributed by atoms with Gasteiger partial charge in [0.1, 0.15) is 5.78 Å². The Morgan fingerprint density at radius 2 is 1.71 bits per heavy atom. The second-order valence-electron chi connectivity index (χ2n) is 4.61. The maximum Gasteiger partial charge on any atom is 0.136 e. The zero-order chi connectivity index (χ0) is 10.4. The van der Waals surface area contributed by atoms with Crippen molar-refractivity contribution in [3.05, 3.63) is 12.2 Å². The zero-order valence-electron chi connectivity index (χ0n) is 9.35. The summed E-state index contributed by atoms with van der Waals surface area (Å²) in [7, 11) is 0. The van der Waals surface area contributed by atoms with Crippen LogP contribution in [0.4, 0.5) is 0 Å². The van der Waals surface area contributed by atoms with Gasteiger partial charge in [-0.15, -0.1) is 6.58 Å². The first-order valence-electron chi connectivity index (χ1n) is 5.87. The highest BCUT2D eigenvalue weighted by molar-refractivity contribution is 5.81. The van der Waals surface area contributed by atoms with Gasteiger partial charge in [0.25, 0.3) is 0 Å². The summed E-state index contributed by atoms with van der Waals surface area (Å²) in [6, 6.07) is 0. The number of ketones is 1.